The van der Waals surface area contributed by atoms with Crippen molar-refractivity contribution in [2.45, 2.75) is 26.7 Å². The molecule has 1 aliphatic heterocycles. The number of hydrogen-bond acceptors (Lipinski definition) is 7. The van der Waals surface area contributed by atoms with Crippen LogP contribution in [0.15, 0.2) is 83.5 Å². The minimum Gasteiger partial charge on any atom is -0.462 e. The molecule has 0 saturated heterocycles. The van der Waals surface area contributed by atoms with Crippen LogP contribution in [0, 0.1) is 0 Å². The van der Waals surface area contributed by atoms with Crippen LogP contribution >= 0.6 is 11.6 Å². The first kappa shape index (κ1) is 26.6. The number of esters is 2. The highest BCUT2D eigenvalue weighted by atomic mass is 35.5. The van der Waals surface area contributed by atoms with Crippen molar-refractivity contribution >= 4 is 46.7 Å². The highest BCUT2D eigenvalue weighted by Crippen LogP contribution is 2.30. The second-order valence-electron chi connectivity index (χ2n) is 8.72. The van der Waals surface area contributed by atoms with Gasteiger partial charge in [0.25, 0.3) is 11.8 Å². The molecule has 0 fully saturated rings. The number of imide groups is 1. The van der Waals surface area contributed by atoms with Gasteiger partial charge in [0, 0.05) is 5.69 Å². The lowest BCUT2D eigenvalue weighted by atomic mass is 10.0. The third-order valence-electron chi connectivity index (χ3n) is 5.81. The molecule has 0 spiro atoms. The summed E-state index contributed by atoms with van der Waals surface area (Å²) in [5.74, 6) is -1.59. The lowest BCUT2D eigenvalue weighted by Gasteiger charge is -2.15. The van der Waals surface area contributed by atoms with Crippen LogP contribution in [0.2, 0.25) is 0 Å². The molecule has 0 saturated carbocycles. The standard InChI is InChI=1S/C29H25ClN2O6/c1-4-37-28(35)19-7-13-22(14-8-19)32-26(33)24(30)25(27(32)34)31-21-11-5-20(6-12-21)29(36)38-23-15-9-18(10-16-23)17(2)3/h5-17,31H,4H2,1-3H3. The number of halogens is 1. The average molecular weight is 533 g/mol. The Morgan fingerprint density at radius 3 is 2.00 bits per heavy atom. The third-order valence-corrected chi connectivity index (χ3v) is 6.16. The molecule has 3 aromatic rings. The zero-order chi connectivity index (χ0) is 27.4. The molecular formula is C29H25ClN2O6. The summed E-state index contributed by atoms with van der Waals surface area (Å²) >= 11 is 6.20. The van der Waals surface area contributed by atoms with Crippen molar-refractivity contribution in [3.05, 3.63) is 100 Å². The van der Waals surface area contributed by atoms with E-state index in [1.54, 1.807) is 31.2 Å². The molecule has 4 rings (SSSR count). The van der Waals surface area contributed by atoms with Gasteiger partial charge in [0.05, 0.1) is 23.4 Å². The topological polar surface area (TPSA) is 102 Å². The summed E-state index contributed by atoms with van der Waals surface area (Å²) in [5, 5.41) is 2.58. The first-order valence-electron chi connectivity index (χ1n) is 11.9. The number of nitrogens with zero attached hydrogens (tertiary/aromatic N) is 1. The number of carbonyl (C=O) groups excluding carboxylic acids is 4. The normalized spacial score (nSPS) is 13.2. The fourth-order valence-corrected chi connectivity index (χ4v) is 3.94. The van der Waals surface area contributed by atoms with Gasteiger partial charge < -0.3 is 14.8 Å². The minimum atomic E-state index is -0.702. The van der Waals surface area contributed by atoms with Crippen molar-refractivity contribution in [1.29, 1.82) is 0 Å². The van der Waals surface area contributed by atoms with Crippen molar-refractivity contribution < 1.29 is 28.7 Å². The summed E-state index contributed by atoms with van der Waals surface area (Å²) in [6.07, 6.45) is 0. The van der Waals surface area contributed by atoms with Gasteiger partial charge in [-0.05, 0) is 79.1 Å². The molecule has 194 valence electrons. The Hall–Kier alpha value is -4.43. The molecule has 0 bridgehead atoms. The Bertz CT molecular complexity index is 1410. The van der Waals surface area contributed by atoms with Gasteiger partial charge in [0.15, 0.2) is 0 Å². The number of benzene rings is 3. The van der Waals surface area contributed by atoms with E-state index >= 15 is 0 Å². The third kappa shape index (κ3) is 5.60. The predicted molar refractivity (Wildman–Crippen MR) is 143 cm³/mol. The van der Waals surface area contributed by atoms with Crippen LogP contribution in [0.25, 0.3) is 0 Å². The van der Waals surface area contributed by atoms with Gasteiger partial charge in [-0.3, -0.25) is 9.59 Å². The zero-order valence-electron chi connectivity index (χ0n) is 21.0. The van der Waals surface area contributed by atoms with Crippen LogP contribution in [0.3, 0.4) is 0 Å². The largest absolute Gasteiger partial charge is 0.462 e. The van der Waals surface area contributed by atoms with Crippen LogP contribution in [-0.2, 0) is 14.3 Å². The fourth-order valence-electron chi connectivity index (χ4n) is 3.73. The number of amides is 2. The lowest BCUT2D eigenvalue weighted by Crippen LogP contribution is -2.32. The van der Waals surface area contributed by atoms with E-state index in [9.17, 15) is 19.2 Å². The monoisotopic (exact) mass is 532 g/mol. The summed E-state index contributed by atoms with van der Waals surface area (Å²) in [6.45, 7) is 6.09. The van der Waals surface area contributed by atoms with E-state index in [4.69, 9.17) is 21.1 Å². The number of nitrogens with one attached hydrogen (secondary N) is 1. The molecule has 0 atom stereocenters. The summed E-state index contributed by atoms with van der Waals surface area (Å²) in [7, 11) is 0. The molecule has 9 heteroatoms. The van der Waals surface area contributed by atoms with E-state index in [0.717, 1.165) is 10.5 Å². The maximum atomic E-state index is 13.0. The predicted octanol–water partition coefficient (Wildman–Crippen LogP) is 5.64. The maximum absolute atomic E-state index is 13.0. The first-order valence-corrected chi connectivity index (χ1v) is 12.3. The zero-order valence-corrected chi connectivity index (χ0v) is 21.7. The van der Waals surface area contributed by atoms with Gasteiger partial charge in [-0.25, -0.2) is 14.5 Å². The van der Waals surface area contributed by atoms with Gasteiger partial charge in [0.2, 0.25) is 0 Å². The van der Waals surface area contributed by atoms with Gasteiger partial charge in [0.1, 0.15) is 16.5 Å². The molecule has 0 aliphatic carbocycles. The van der Waals surface area contributed by atoms with Gasteiger partial charge in [-0.2, -0.15) is 0 Å². The number of ether oxygens (including phenoxy) is 2. The highest BCUT2D eigenvalue weighted by molar-refractivity contribution is 6.53. The Balaban J connectivity index is 1.43. The van der Waals surface area contributed by atoms with Crippen LogP contribution in [0.1, 0.15) is 53.0 Å². The van der Waals surface area contributed by atoms with Crippen molar-refractivity contribution in [3.8, 4) is 5.75 Å². The average Bonchev–Trinajstić information content (AvgIpc) is 3.12. The molecule has 1 N–H and O–H groups in total. The number of hydrogen-bond donors (Lipinski definition) is 1. The highest BCUT2D eigenvalue weighted by Gasteiger charge is 2.39. The Labute approximate surface area is 224 Å². The van der Waals surface area contributed by atoms with E-state index in [2.05, 4.69) is 19.2 Å². The van der Waals surface area contributed by atoms with Crippen LogP contribution in [0.4, 0.5) is 11.4 Å². The number of rotatable bonds is 8. The minimum absolute atomic E-state index is 0.105. The lowest BCUT2D eigenvalue weighted by molar-refractivity contribution is -0.120. The van der Waals surface area contributed by atoms with E-state index in [-0.39, 0.29) is 23.0 Å². The molecule has 1 aliphatic rings. The smallest absolute Gasteiger partial charge is 0.343 e. The SMILES string of the molecule is CCOC(=O)c1ccc(N2C(=O)C(Cl)=C(Nc3ccc(C(=O)Oc4ccc(C(C)C)cc4)cc3)C2=O)cc1. The van der Waals surface area contributed by atoms with Gasteiger partial charge >= 0.3 is 11.9 Å². The Kier molecular flexibility index (Phi) is 7.93. The molecule has 0 unspecified atom stereocenters. The summed E-state index contributed by atoms with van der Waals surface area (Å²) < 4.78 is 10.4. The van der Waals surface area contributed by atoms with Crippen molar-refractivity contribution in [2.24, 2.45) is 0 Å². The number of carbonyl (C=O) groups is 4. The molecule has 0 radical (unpaired) electrons. The van der Waals surface area contributed by atoms with E-state index in [1.807, 2.05) is 12.1 Å². The summed E-state index contributed by atoms with van der Waals surface area (Å²) in [5.41, 5.74) is 2.32. The quantitative estimate of drug-likeness (QED) is 0.227. The van der Waals surface area contributed by atoms with Crippen molar-refractivity contribution in [3.63, 3.8) is 0 Å². The molecule has 1 heterocycles. The first-order chi connectivity index (χ1) is 18.2. The molecule has 0 aromatic heterocycles. The second-order valence-corrected chi connectivity index (χ2v) is 9.10. The summed E-state index contributed by atoms with van der Waals surface area (Å²) in [4.78, 5) is 51.1. The van der Waals surface area contributed by atoms with Gasteiger partial charge in [-0.1, -0.05) is 37.6 Å². The van der Waals surface area contributed by atoms with Crippen molar-refractivity contribution in [1.82, 2.24) is 0 Å². The van der Waals surface area contributed by atoms with Crippen LogP contribution in [-0.4, -0.2) is 30.4 Å². The molecule has 2 amide bonds. The Morgan fingerprint density at radius 2 is 1.42 bits per heavy atom. The Morgan fingerprint density at radius 1 is 0.842 bits per heavy atom. The molecule has 8 nitrogen and oxygen atoms in total. The van der Waals surface area contributed by atoms with Gasteiger partial charge in [-0.15, -0.1) is 0 Å². The van der Waals surface area contributed by atoms with E-state index < -0.39 is 23.8 Å². The van der Waals surface area contributed by atoms with E-state index in [1.165, 1.54) is 36.4 Å². The molecule has 3 aromatic carbocycles. The maximum Gasteiger partial charge on any atom is 0.343 e. The molecular weight excluding hydrogens is 508 g/mol. The number of anilines is 2. The molecule has 38 heavy (non-hydrogen) atoms. The fraction of sp³-hybridized carbons (Fsp3) is 0.172. The summed E-state index contributed by atoms with van der Waals surface area (Å²) in [6, 6.07) is 19.4. The van der Waals surface area contributed by atoms with Crippen LogP contribution < -0.4 is 15.0 Å². The van der Waals surface area contributed by atoms with Crippen LogP contribution in [0.5, 0.6) is 5.75 Å². The van der Waals surface area contributed by atoms with E-state index in [0.29, 0.717) is 28.5 Å². The second kappa shape index (κ2) is 11.3. The van der Waals surface area contributed by atoms with Crippen molar-refractivity contribution in [2.75, 3.05) is 16.8 Å².